The van der Waals surface area contributed by atoms with Crippen LogP contribution in [0.5, 0.6) is 0 Å². The van der Waals surface area contributed by atoms with Gasteiger partial charge in [-0.25, -0.2) is 4.39 Å². The highest BCUT2D eigenvalue weighted by Gasteiger charge is 2.14. The first-order valence-corrected chi connectivity index (χ1v) is 6.40. The van der Waals surface area contributed by atoms with Crippen LogP contribution in [0.25, 0.3) is 0 Å². The van der Waals surface area contributed by atoms with E-state index in [0.717, 1.165) is 12.8 Å². The fourth-order valence-corrected chi connectivity index (χ4v) is 1.75. The Morgan fingerprint density at radius 2 is 2.11 bits per heavy atom. The molecule has 0 radical (unpaired) electrons. The molecule has 4 heteroatoms. The minimum atomic E-state index is -0.264. The molecule has 0 saturated heterocycles. The van der Waals surface area contributed by atoms with Gasteiger partial charge in [-0.1, -0.05) is 31.5 Å². The lowest BCUT2D eigenvalue weighted by Gasteiger charge is -2.22. The molecule has 100 valence electrons. The first-order chi connectivity index (χ1) is 8.69. The summed E-state index contributed by atoms with van der Waals surface area (Å²) in [5.41, 5.74) is 5.95. The van der Waals surface area contributed by atoms with Crippen molar-refractivity contribution in [3.8, 4) is 0 Å². The maximum atomic E-state index is 13.6. The van der Waals surface area contributed by atoms with Crippen LogP contribution in [0, 0.1) is 5.82 Å². The van der Waals surface area contributed by atoms with Crippen LogP contribution in [-0.2, 0) is 11.3 Å². The van der Waals surface area contributed by atoms with E-state index in [1.807, 2.05) is 0 Å². The number of benzene rings is 1. The van der Waals surface area contributed by atoms with Crippen LogP contribution >= 0.6 is 0 Å². The van der Waals surface area contributed by atoms with E-state index in [2.05, 4.69) is 6.92 Å². The zero-order chi connectivity index (χ0) is 13.4. The molecular formula is C14H21FN2O. The molecule has 0 unspecified atom stereocenters. The fourth-order valence-electron chi connectivity index (χ4n) is 1.75. The van der Waals surface area contributed by atoms with Crippen molar-refractivity contribution >= 4 is 5.91 Å². The SMILES string of the molecule is CCCCN(Cc1ccccc1F)C(=O)CCN. The molecule has 0 saturated carbocycles. The topological polar surface area (TPSA) is 46.3 Å². The first kappa shape index (κ1) is 14.6. The second kappa shape index (κ2) is 7.82. The smallest absolute Gasteiger partial charge is 0.224 e. The van der Waals surface area contributed by atoms with Crippen LogP contribution in [0.3, 0.4) is 0 Å². The van der Waals surface area contributed by atoms with Gasteiger partial charge < -0.3 is 10.6 Å². The maximum Gasteiger partial charge on any atom is 0.224 e. The quantitative estimate of drug-likeness (QED) is 0.809. The van der Waals surface area contributed by atoms with Crippen LogP contribution in [0.1, 0.15) is 31.7 Å². The van der Waals surface area contributed by atoms with Crippen LogP contribution in [0.2, 0.25) is 0 Å². The summed E-state index contributed by atoms with van der Waals surface area (Å²) in [5.74, 6) is -0.270. The van der Waals surface area contributed by atoms with Gasteiger partial charge in [0.15, 0.2) is 0 Å². The molecule has 18 heavy (non-hydrogen) atoms. The van der Waals surface area contributed by atoms with Gasteiger partial charge in [0.2, 0.25) is 5.91 Å². The standard InChI is InChI=1S/C14H21FN2O/c1-2-3-10-17(14(18)8-9-16)11-12-6-4-5-7-13(12)15/h4-7H,2-3,8-11,16H2,1H3. The lowest BCUT2D eigenvalue weighted by atomic mass is 10.2. The zero-order valence-corrected chi connectivity index (χ0v) is 10.9. The van der Waals surface area contributed by atoms with E-state index < -0.39 is 0 Å². The number of nitrogens with zero attached hydrogens (tertiary/aromatic N) is 1. The van der Waals surface area contributed by atoms with Crippen molar-refractivity contribution in [2.75, 3.05) is 13.1 Å². The Morgan fingerprint density at radius 3 is 2.72 bits per heavy atom. The van der Waals surface area contributed by atoms with Crippen LogP contribution in [-0.4, -0.2) is 23.9 Å². The highest BCUT2D eigenvalue weighted by Crippen LogP contribution is 2.11. The van der Waals surface area contributed by atoms with Crippen LogP contribution < -0.4 is 5.73 Å². The number of nitrogens with two attached hydrogens (primary N) is 1. The Morgan fingerprint density at radius 1 is 1.39 bits per heavy atom. The third-order valence-electron chi connectivity index (χ3n) is 2.81. The van der Waals surface area contributed by atoms with Crippen molar-refractivity contribution in [1.82, 2.24) is 4.90 Å². The van der Waals surface area contributed by atoms with Gasteiger partial charge >= 0.3 is 0 Å². The molecule has 1 amide bonds. The molecule has 0 heterocycles. The number of hydrogen-bond donors (Lipinski definition) is 1. The van der Waals surface area contributed by atoms with E-state index in [-0.39, 0.29) is 11.7 Å². The second-order valence-corrected chi connectivity index (χ2v) is 4.30. The van der Waals surface area contributed by atoms with Crippen LogP contribution in [0.4, 0.5) is 4.39 Å². The number of hydrogen-bond acceptors (Lipinski definition) is 2. The predicted molar refractivity (Wildman–Crippen MR) is 70.4 cm³/mol. The number of unbranched alkanes of at least 4 members (excludes halogenated alkanes) is 1. The van der Waals surface area contributed by atoms with Gasteiger partial charge in [-0.05, 0) is 12.5 Å². The zero-order valence-electron chi connectivity index (χ0n) is 10.9. The molecule has 0 aliphatic heterocycles. The highest BCUT2D eigenvalue weighted by atomic mass is 19.1. The maximum absolute atomic E-state index is 13.6. The summed E-state index contributed by atoms with van der Waals surface area (Å²) in [6.07, 6.45) is 2.24. The molecule has 0 aromatic heterocycles. The highest BCUT2D eigenvalue weighted by molar-refractivity contribution is 5.76. The summed E-state index contributed by atoms with van der Waals surface area (Å²) < 4.78 is 13.6. The van der Waals surface area contributed by atoms with E-state index >= 15 is 0 Å². The number of amides is 1. The molecule has 3 nitrogen and oxygen atoms in total. The molecular weight excluding hydrogens is 231 g/mol. The van der Waals surface area contributed by atoms with Gasteiger partial charge in [-0.15, -0.1) is 0 Å². The van der Waals surface area contributed by atoms with Crippen molar-refractivity contribution in [3.63, 3.8) is 0 Å². The number of carbonyl (C=O) groups is 1. The van der Waals surface area contributed by atoms with E-state index in [4.69, 9.17) is 5.73 Å². The molecule has 0 bridgehead atoms. The molecule has 2 N–H and O–H groups in total. The lowest BCUT2D eigenvalue weighted by Crippen LogP contribution is -2.33. The summed E-state index contributed by atoms with van der Waals surface area (Å²) in [4.78, 5) is 13.6. The van der Waals surface area contributed by atoms with E-state index in [9.17, 15) is 9.18 Å². The van der Waals surface area contributed by atoms with Gasteiger partial charge in [0.1, 0.15) is 5.82 Å². The fraction of sp³-hybridized carbons (Fsp3) is 0.500. The van der Waals surface area contributed by atoms with Crippen molar-refractivity contribution in [3.05, 3.63) is 35.6 Å². The van der Waals surface area contributed by atoms with Gasteiger partial charge in [0.05, 0.1) is 0 Å². The van der Waals surface area contributed by atoms with E-state index in [1.54, 1.807) is 23.1 Å². The van der Waals surface area contributed by atoms with Gasteiger partial charge in [0.25, 0.3) is 0 Å². The summed E-state index contributed by atoms with van der Waals surface area (Å²) in [6, 6.07) is 6.56. The normalized spacial score (nSPS) is 10.4. The molecule has 0 aliphatic carbocycles. The third kappa shape index (κ3) is 4.45. The van der Waals surface area contributed by atoms with Crippen molar-refractivity contribution < 1.29 is 9.18 Å². The number of carbonyl (C=O) groups excluding carboxylic acids is 1. The summed E-state index contributed by atoms with van der Waals surface area (Å²) >= 11 is 0. The molecule has 0 fully saturated rings. The third-order valence-corrected chi connectivity index (χ3v) is 2.81. The largest absolute Gasteiger partial charge is 0.338 e. The summed E-state index contributed by atoms with van der Waals surface area (Å²) in [5, 5.41) is 0. The average Bonchev–Trinajstić information content (AvgIpc) is 2.36. The van der Waals surface area contributed by atoms with Crippen molar-refractivity contribution in [2.45, 2.75) is 32.7 Å². The Kier molecular flexibility index (Phi) is 6.36. The minimum absolute atomic E-state index is 0.00537. The molecule has 0 spiro atoms. The molecule has 1 aromatic carbocycles. The molecule has 0 aliphatic rings. The summed E-state index contributed by atoms with van der Waals surface area (Å²) in [7, 11) is 0. The number of rotatable bonds is 7. The average molecular weight is 252 g/mol. The molecule has 0 atom stereocenters. The summed E-state index contributed by atoms with van der Waals surface area (Å²) in [6.45, 7) is 3.38. The Labute approximate surface area is 108 Å². The minimum Gasteiger partial charge on any atom is -0.338 e. The van der Waals surface area contributed by atoms with Crippen molar-refractivity contribution in [1.29, 1.82) is 0 Å². The first-order valence-electron chi connectivity index (χ1n) is 6.40. The van der Waals surface area contributed by atoms with Crippen molar-refractivity contribution in [2.24, 2.45) is 5.73 Å². The molecule has 1 rings (SSSR count). The Bertz CT molecular complexity index is 382. The van der Waals surface area contributed by atoms with Gasteiger partial charge in [-0.3, -0.25) is 4.79 Å². The van der Waals surface area contributed by atoms with Gasteiger partial charge in [0, 0.05) is 31.6 Å². The van der Waals surface area contributed by atoms with E-state index in [1.165, 1.54) is 6.07 Å². The lowest BCUT2D eigenvalue weighted by molar-refractivity contribution is -0.131. The monoisotopic (exact) mass is 252 g/mol. The Balaban J connectivity index is 2.71. The number of halogens is 1. The second-order valence-electron chi connectivity index (χ2n) is 4.30. The Hall–Kier alpha value is -1.42. The van der Waals surface area contributed by atoms with Crippen LogP contribution in [0.15, 0.2) is 24.3 Å². The molecule has 1 aromatic rings. The van der Waals surface area contributed by atoms with E-state index in [0.29, 0.717) is 31.6 Å². The predicted octanol–water partition coefficient (Wildman–Crippen LogP) is 2.30. The van der Waals surface area contributed by atoms with Gasteiger partial charge in [-0.2, -0.15) is 0 Å².